The number of hydrogen-bond acceptors (Lipinski definition) is 5. The molecular formula is C25H21N5O. The van der Waals surface area contributed by atoms with E-state index in [1.54, 1.807) is 12.3 Å². The molecule has 1 atom stereocenters. The lowest BCUT2D eigenvalue weighted by atomic mass is 9.98. The van der Waals surface area contributed by atoms with Crippen LogP contribution in [-0.4, -0.2) is 17.8 Å². The third-order valence-electron chi connectivity index (χ3n) is 5.00. The second-order valence-corrected chi connectivity index (χ2v) is 7.11. The largest absolute Gasteiger partial charge is 0.272 e. The van der Waals surface area contributed by atoms with E-state index in [1.807, 2.05) is 60.7 Å². The first-order valence-electron chi connectivity index (χ1n) is 10.0. The van der Waals surface area contributed by atoms with Crippen LogP contribution >= 0.6 is 0 Å². The van der Waals surface area contributed by atoms with Crippen molar-refractivity contribution >= 4 is 23.5 Å². The third kappa shape index (κ3) is 4.85. The number of carbonyl (C=O) groups excluding carboxylic acids is 1. The van der Waals surface area contributed by atoms with Crippen LogP contribution in [-0.2, 0) is 4.79 Å². The summed E-state index contributed by atoms with van der Waals surface area (Å²) >= 11 is 0. The Hall–Kier alpha value is -4.24. The zero-order valence-corrected chi connectivity index (χ0v) is 16.8. The number of hydrazone groups is 2. The van der Waals surface area contributed by atoms with E-state index in [2.05, 4.69) is 39.8 Å². The maximum atomic E-state index is 11.3. The van der Waals surface area contributed by atoms with Crippen molar-refractivity contribution in [3.8, 4) is 6.07 Å². The van der Waals surface area contributed by atoms with E-state index < -0.39 is 5.91 Å². The molecule has 1 aliphatic heterocycles. The average Bonchev–Trinajstić information content (AvgIpc) is 3.26. The van der Waals surface area contributed by atoms with Gasteiger partial charge in [-0.2, -0.15) is 15.5 Å². The number of benzene rings is 3. The van der Waals surface area contributed by atoms with Crippen molar-refractivity contribution in [1.29, 1.82) is 5.26 Å². The molecular weight excluding hydrogens is 386 g/mol. The van der Waals surface area contributed by atoms with Crippen molar-refractivity contribution in [3.05, 3.63) is 102 Å². The van der Waals surface area contributed by atoms with Crippen LogP contribution in [0.5, 0.6) is 0 Å². The van der Waals surface area contributed by atoms with E-state index in [0.717, 1.165) is 28.9 Å². The van der Waals surface area contributed by atoms with Gasteiger partial charge in [0.25, 0.3) is 5.91 Å². The van der Waals surface area contributed by atoms with Crippen molar-refractivity contribution < 1.29 is 4.79 Å². The highest BCUT2D eigenvalue weighted by molar-refractivity contribution is 6.03. The number of amides is 1. The molecule has 1 aliphatic rings. The first-order valence-corrected chi connectivity index (χ1v) is 10.0. The Morgan fingerprint density at radius 2 is 1.74 bits per heavy atom. The monoisotopic (exact) mass is 407 g/mol. The van der Waals surface area contributed by atoms with Crippen LogP contribution in [0, 0.1) is 11.3 Å². The first-order chi connectivity index (χ1) is 15.2. The Morgan fingerprint density at radius 1 is 1.06 bits per heavy atom. The molecule has 0 saturated carbocycles. The summed E-state index contributed by atoms with van der Waals surface area (Å²) in [5, 5.41) is 19.4. The Balaban J connectivity index is 1.57. The number of anilines is 1. The number of nitriles is 1. The average molecular weight is 407 g/mol. The van der Waals surface area contributed by atoms with E-state index >= 15 is 0 Å². The molecule has 0 spiro atoms. The Morgan fingerprint density at radius 3 is 2.42 bits per heavy atom. The normalized spacial score (nSPS) is 15.5. The minimum absolute atomic E-state index is 0.112. The zero-order valence-electron chi connectivity index (χ0n) is 16.8. The molecule has 3 aromatic rings. The lowest BCUT2D eigenvalue weighted by molar-refractivity contribution is -0.120. The van der Waals surface area contributed by atoms with E-state index in [9.17, 15) is 4.79 Å². The van der Waals surface area contributed by atoms with Gasteiger partial charge in [-0.15, -0.1) is 0 Å². The molecule has 6 heteroatoms. The Labute approximate surface area is 181 Å². The van der Waals surface area contributed by atoms with E-state index in [1.165, 1.54) is 5.56 Å². The number of hydrogen-bond donors (Lipinski definition) is 1. The van der Waals surface area contributed by atoms with Gasteiger partial charge >= 0.3 is 0 Å². The molecule has 31 heavy (non-hydrogen) atoms. The van der Waals surface area contributed by atoms with Crippen molar-refractivity contribution in [1.82, 2.24) is 5.43 Å². The third-order valence-corrected chi connectivity index (χ3v) is 5.00. The molecule has 0 radical (unpaired) electrons. The van der Waals surface area contributed by atoms with Crippen LogP contribution in [0.15, 0.2) is 95.1 Å². The molecule has 0 saturated heterocycles. The second kappa shape index (κ2) is 9.51. The summed E-state index contributed by atoms with van der Waals surface area (Å²) in [4.78, 5) is 11.3. The topological polar surface area (TPSA) is 80.8 Å². The summed E-state index contributed by atoms with van der Waals surface area (Å²) in [6, 6.07) is 30.4. The summed E-state index contributed by atoms with van der Waals surface area (Å²) in [7, 11) is 0. The molecule has 1 heterocycles. The number of nitrogens with zero attached hydrogens (tertiary/aromatic N) is 4. The molecule has 3 aromatic carbocycles. The van der Waals surface area contributed by atoms with E-state index in [4.69, 9.17) is 10.4 Å². The maximum Gasteiger partial charge on any atom is 0.254 e. The lowest BCUT2D eigenvalue weighted by Crippen LogP contribution is -2.18. The van der Waals surface area contributed by atoms with Crippen molar-refractivity contribution in [3.63, 3.8) is 0 Å². The highest BCUT2D eigenvalue weighted by Gasteiger charge is 2.29. The van der Waals surface area contributed by atoms with Crippen molar-refractivity contribution in [2.75, 3.05) is 5.01 Å². The van der Waals surface area contributed by atoms with Crippen LogP contribution < -0.4 is 10.4 Å². The maximum absolute atomic E-state index is 11.3. The minimum Gasteiger partial charge on any atom is -0.272 e. The SMILES string of the molecule is N#CCC(=O)N/N=C\c1ccc(N2N=C(c3ccccc3)C[C@@H]2c2ccccc2)cc1. The highest BCUT2D eigenvalue weighted by atomic mass is 16.2. The molecule has 0 bridgehead atoms. The molecule has 152 valence electrons. The van der Waals surface area contributed by atoms with Crippen LogP contribution in [0.25, 0.3) is 0 Å². The molecule has 1 amide bonds. The van der Waals surface area contributed by atoms with Gasteiger partial charge in [0, 0.05) is 6.42 Å². The smallest absolute Gasteiger partial charge is 0.254 e. The predicted molar refractivity (Wildman–Crippen MR) is 122 cm³/mol. The highest BCUT2D eigenvalue weighted by Crippen LogP contribution is 2.36. The number of carbonyl (C=O) groups is 1. The van der Waals surface area contributed by atoms with Gasteiger partial charge in [0.2, 0.25) is 0 Å². The van der Waals surface area contributed by atoms with E-state index in [-0.39, 0.29) is 12.5 Å². The molecule has 1 N–H and O–H groups in total. The quantitative estimate of drug-likeness (QED) is 0.486. The van der Waals surface area contributed by atoms with Gasteiger partial charge in [-0.25, -0.2) is 5.43 Å². The summed E-state index contributed by atoms with van der Waals surface area (Å²) < 4.78 is 0. The van der Waals surface area contributed by atoms with Gasteiger partial charge in [0.05, 0.1) is 29.7 Å². The van der Waals surface area contributed by atoms with Gasteiger partial charge in [-0.1, -0.05) is 72.8 Å². The van der Waals surface area contributed by atoms with Gasteiger partial charge in [-0.05, 0) is 28.8 Å². The van der Waals surface area contributed by atoms with E-state index in [0.29, 0.717) is 0 Å². The van der Waals surface area contributed by atoms with Gasteiger partial charge in [0.15, 0.2) is 0 Å². The van der Waals surface area contributed by atoms with Crippen LogP contribution in [0.2, 0.25) is 0 Å². The standard InChI is InChI=1S/C25H21N5O/c26-16-15-25(31)28-27-18-19-11-13-22(14-12-19)30-24(21-9-5-2-6-10-21)17-23(29-30)20-7-3-1-4-8-20/h1-14,18,24H,15,17H2,(H,28,31)/b27-18-/t24-/m1/s1. The summed E-state index contributed by atoms with van der Waals surface area (Å²) in [5.74, 6) is -0.430. The fraction of sp³-hybridized carbons (Fsp3) is 0.120. The number of rotatable bonds is 6. The first kappa shape index (κ1) is 20.0. The fourth-order valence-electron chi connectivity index (χ4n) is 3.49. The molecule has 0 aromatic heterocycles. The lowest BCUT2D eigenvalue weighted by Gasteiger charge is -2.24. The van der Waals surface area contributed by atoms with Crippen LogP contribution in [0.4, 0.5) is 5.69 Å². The predicted octanol–water partition coefficient (Wildman–Crippen LogP) is 4.41. The molecule has 0 unspecified atom stereocenters. The molecule has 4 rings (SSSR count). The minimum atomic E-state index is -0.430. The zero-order chi connectivity index (χ0) is 21.5. The van der Waals surface area contributed by atoms with Gasteiger partial charge in [-0.3, -0.25) is 9.80 Å². The fourth-order valence-corrected chi connectivity index (χ4v) is 3.49. The van der Waals surface area contributed by atoms with Crippen LogP contribution in [0.3, 0.4) is 0 Å². The second-order valence-electron chi connectivity index (χ2n) is 7.11. The summed E-state index contributed by atoms with van der Waals surface area (Å²) in [6.45, 7) is 0. The molecule has 6 nitrogen and oxygen atoms in total. The summed E-state index contributed by atoms with van der Waals surface area (Å²) in [5.41, 5.74) is 7.54. The van der Waals surface area contributed by atoms with Crippen molar-refractivity contribution in [2.24, 2.45) is 10.2 Å². The molecule has 0 aliphatic carbocycles. The van der Waals surface area contributed by atoms with Crippen LogP contribution in [0.1, 0.15) is 35.6 Å². The van der Waals surface area contributed by atoms with Crippen molar-refractivity contribution in [2.45, 2.75) is 18.9 Å². The Kier molecular flexibility index (Phi) is 6.15. The Bertz CT molecular complexity index is 1130. The van der Waals surface area contributed by atoms with Gasteiger partial charge in [0.1, 0.15) is 6.42 Å². The van der Waals surface area contributed by atoms with Gasteiger partial charge < -0.3 is 0 Å². The summed E-state index contributed by atoms with van der Waals surface area (Å²) in [6.07, 6.45) is 2.16. The molecule has 0 fully saturated rings. The number of nitrogens with one attached hydrogen (secondary N) is 1.